The molecule has 3 atom stereocenters. The first-order valence-corrected chi connectivity index (χ1v) is 7.66. The van der Waals surface area contributed by atoms with Crippen molar-refractivity contribution in [3.05, 3.63) is 0 Å². The van der Waals surface area contributed by atoms with E-state index in [1.54, 1.807) is 4.90 Å². The van der Waals surface area contributed by atoms with E-state index < -0.39 is 11.9 Å². The smallest absolute Gasteiger partial charge is 0.317 e. The van der Waals surface area contributed by atoms with Gasteiger partial charge in [0.25, 0.3) is 0 Å². The summed E-state index contributed by atoms with van der Waals surface area (Å²) in [6.07, 6.45) is 0. The van der Waals surface area contributed by atoms with Crippen LogP contribution in [-0.4, -0.2) is 52.1 Å². The Hall–Kier alpha value is -0.910. The van der Waals surface area contributed by atoms with Gasteiger partial charge in [0.05, 0.1) is 5.92 Å². The fourth-order valence-electron chi connectivity index (χ4n) is 2.26. The number of hydrogen-bond acceptors (Lipinski definition) is 3. The molecule has 110 valence electrons. The molecule has 0 aromatic heterocycles. The van der Waals surface area contributed by atoms with Gasteiger partial charge in [-0.15, -0.1) is 0 Å². The van der Waals surface area contributed by atoms with E-state index in [0.29, 0.717) is 10.5 Å². The van der Waals surface area contributed by atoms with E-state index in [4.69, 9.17) is 5.11 Å². The highest BCUT2D eigenvalue weighted by Crippen LogP contribution is 2.24. The lowest BCUT2D eigenvalue weighted by atomic mass is 9.96. The van der Waals surface area contributed by atoms with Crippen molar-refractivity contribution in [3.8, 4) is 0 Å². The number of amides is 2. The first-order chi connectivity index (χ1) is 8.81. The fourth-order valence-corrected chi connectivity index (χ4v) is 3.59. The third-order valence-corrected chi connectivity index (χ3v) is 4.53. The maximum atomic E-state index is 12.1. The highest BCUT2D eigenvalue weighted by molar-refractivity contribution is 8.00. The van der Waals surface area contributed by atoms with Crippen LogP contribution in [0.15, 0.2) is 0 Å². The molecular formula is C13H24N2O3S. The molecule has 19 heavy (non-hydrogen) atoms. The van der Waals surface area contributed by atoms with Gasteiger partial charge in [0.2, 0.25) is 0 Å². The van der Waals surface area contributed by atoms with Crippen molar-refractivity contribution in [2.45, 2.75) is 38.2 Å². The summed E-state index contributed by atoms with van der Waals surface area (Å²) in [6.45, 7) is 9.56. The number of carboxylic acid groups (broad SMARTS) is 1. The fraction of sp³-hybridized carbons (Fsp3) is 0.846. The molecule has 1 aliphatic rings. The molecule has 2 N–H and O–H groups in total. The van der Waals surface area contributed by atoms with Gasteiger partial charge in [-0.2, -0.15) is 11.8 Å². The summed E-state index contributed by atoms with van der Waals surface area (Å²) in [5.41, 5.74) is 0. The van der Waals surface area contributed by atoms with Crippen molar-refractivity contribution >= 4 is 23.8 Å². The van der Waals surface area contributed by atoms with E-state index >= 15 is 0 Å². The van der Waals surface area contributed by atoms with E-state index in [0.717, 1.165) is 13.1 Å². The summed E-state index contributed by atoms with van der Waals surface area (Å²) in [4.78, 5) is 24.9. The Morgan fingerprint density at radius 1 is 1.32 bits per heavy atom. The number of urea groups is 1. The lowest BCUT2D eigenvalue weighted by molar-refractivity contribution is -0.142. The number of rotatable bonds is 4. The third-order valence-electron chi connectivity index (χ3n) is 3.30. The normalized spacial score (nSPS) is 25.2. The van der Waals surface area contributed by atoms with Crippen molar-refractivity contribution in [2.24, 2.45) is 11.8 Å². The number of carboxylic acids is 1. The summed E-state index contributed by atoms with van der Waals surface area (Å²) >= 11 is 1.88. The molecule has 1 fully saturated rings. The largest absolute Gasteiger partial charge is 0.481 e. The first-order valence-electron chi connectivity index (χ1n) is 6.72. The van der Waals surface area contributed by atoms with Gasteiger partial charge in [0.1, 0.15) is 0 Å². The topological polar surface area (TPSA) is 69.6 Å². The number of aliphatic carboxylic acids is 1. The molecule has 3 unspecified atom stereocenters. The lowest BCUT2D eigenvalue weighted by Gasteiger charge is -2.34. The average Bonchev–Trinajstić information content (AvgIpc) is 2.26. The van der Waals surface area contributed by atoms with Gasteiger partial charge in [0, 0.05) is 30.1 Å². The van der Waals surface area contributed by atoms with Crippen LogP contribution >= 0.6 is 11.8 Å². The van der Waals surface area contributed by atoms with Gasteiger partial charge < -0.3 is 15.3 Å². The van der Waals surface area contributed by atoms with Crippen LogP contribution in [0.4, 0.5) is 4.79 Å². The molecular weight excluding hydrogens is 264 g/mol. The quantitative estimate of drug-likeness (QED) is 0.828. The predicted molar refractivity (Wildman–Crippen MR) is 77.5 cm³/mol. The van der Waals surface area contributed by atoms with Crippen LogP contribution in [0, 0.1) is 11.8 Å². The Bertz CT molecular complexity index is 326. The van der Waals surface area contributed by atoms with Gasteiger partial charge in [-0.3, -0.25) is 4.79 Å². The molecule has 1 saturated heterocycles. The molecule has 1 rings (SSSR count). The third kappa shape index (κ3) is 4.93. The van der Waals surface area contributed by atoms with E-state index in [2.05, 4.69) is 19.2 Å². The van der Waals surface area contributed by atoms with Crippen LogP contribution in [0.3, 0.4) is 0 Å². The first kappa shape index (κ1) is 16.1. The van der Waals surface area contributed by atoms with Gasteiger partial charge in [-0.25, -0.2) is 4.79 Å². The zero-order valence-corrected chi connectivity index (χ0v) is 12.9. The lowest BCUT2D eigenvalue weighted by Crippen LogP contribution is -2.50. The molecule has 0 bridgehead atoms. The zero-order valence-electron chi connectivity index (χ0n) is 12.0. The van der Waals surface area contributed by atoms with Crippen molar-refractivity contribution < 1.29 is 14.7 Å². The molecule has 1 heterocycles. The number of nitrogens with zero attached hydrogens (tertiary/aromatic N) is 1. The maximum Gasteiger partial charge on any atom is 0.317 e. The van der Waals surface area contributed by atoms with Crippen molar-refractivity contribution in [2.75, 3.05) is 19.6 Å². The van der Waals surface area contributed by atoms with Crippen LogP contribution in [0.25, 0.3) is 0 Å². The van der Waals surface area contributed by atoms with Crippen molar-refractivity contribution in [1.82, 2.24) is 10.2 Å². The molecule has 0 aliphatic carbocycles. The number of thioether (sulfide) groups is 1. The van der Waals surface area contributed by atoms with E-state index in [-0.39, 0.29) is 18.5 Å². The second-order valence-corrected chi connectivity index (χ2v) is 7.42. The van der Waals surface area contributed by atoms with Crippen LogP contribution < -0.4 is 5.32 Å². The molecule has 6 heteroatoms. The second-order valence-electron chi connectivity index (χ2n) is 5.54. The Morgan fingerprint density at radius 3 is 2.26 bits per heavy atom. The molecule has 0 aromatic rings. The van der Waals surface area contributed by atoms with Gasteiger partial charge in [0.15, 0.2) is 0 Å². The minimum Gasteiger partial charge on any atom is -0.481 e. The number of carbonyl (C=O) groups is 2. The summed E-state index contributed by atoms with van der Waals surface area (Å²) in [6, 6.07) is -0.147. The second kappa shape index (κ2) is 7.03. The Kier molecular flexibility index (Phi) is 5.97. The zero-order chi connectivity index (χ0) is 14.6. The molecule has 0 aromatic carbocycles. The van der Waals surface area contributed by atoms with Crippen molar-refractivity contribution in [1.29, 1.82) is 0 Å². The van der Waals surface area contributed by atoms with Crippen LogP contribution in [0.5, 0.6) is 0 Å². The van der Waals surface area contributed by atoms with Crippen LogP contribution in [0.1, 0.15) is 27.7 Å². The minimum atomic E-state index is -0.855. The SMILES string of the molecule is CC1CN(C(=O)NCC(C(=O)O)C(C)C)CC(C)S1. The number of hydrogen-bond donors (Lipinski definition) is 2. The Balaban J connectivity index is 2.48. The van der Waals surface area contributed by atoms with Crippen molar-refractivity contribution in [3.63, 3.8) is 0 Å². The standard InChI is InChI=1S/C13H24N2O3S/c1-8(2)11(12(16)17)5-14-13(18)15-6-9(3)19-10(4)7-15/h8-11H,5-7H2,1-4H3,(H,14,18)(H,16,17). The van der Waals surface area contributed by atoms with Gasteiger partial charge in [-0.1, -0.05) is 27.7 Å². The van der Waals surface area contributed by atoms with E-state index in [9.17, 15) is 9.59 Å². The summed E-state index contributed by atoms with van der Waals surface area (Å²) in [5, 5.41) is 12.7. The average molecular weight is 288 g/mol. The molecule has 0 saturated carbocycles. The molecule has 5 nitrogen and oxygen atoms in total. The van der Waals surface area contributed by atoms with Crippen LogP contribution in [0.2, 0.25) is 0 Å². The maximum absolute atomic E-state index is 12.1. The van der Waals surface area contributed by atoms with E-state index in [1.165, 1.54) is 0 Å². The predicted octanol–water partition coefficient (Wildman–Crippen LogP) is 1.88. The molecule has 0 spiro atoms. The number of nitrogens with one attached hydrogen (secondary N) is 1. The molecule has 1 aliphatic heterocycles. The summed E-state index contributed by atoms with van der Waals surface area (Å²) in [5.74, 6) is -1.38. The highest BCUT2D eigenvalue weighted by atomic mass is 32.2. The Labute approximate surface area is 119 Å². The number of carbonyl (C=O) groups excluding carboxylic acids is 1. The highest BCUT2D eigenvalue weighted by Gasteiger charge is 2.27. The molecule has 0 radical (unpaired) electrons. The minimum absolute atomic E-state index is 0.00700. The van der Waals surface area contributed by atoms with Crippen LogP contribution in [-0.2, 0) is 4.79 Å². The van der Waals surface area contributed by atoms with Gasteiger partial charge >= 0.3 is 12.0 Å². The summed E-state index contributed by atoms with van der Waals surface area (Å²) in [7, 11) is 0. The Morgan fingerprint density at radius 2 is 1.84 bits per heavy atom. The van der Waals surface area contributed by atoms with E-state index in [1.807, 2.05) is 25.6 Å². The summed E-state index contributed by atoms with van der Waals surface area (Å²) < 4.78 is 0. The molecule has 2 amide bonds. The van der Waals surface area contributed by atoms with Gasteiger partial charge in [-0.05, 0) is 5.92 Å². The monoisotopic (exact) mass is 288 g/mol.